The third-order valence-electron chi connectivity index (χ3n) is 4.82. The normalized spacial score (nSPS) is 15.9. The van der Waals surface area contributed by atoms with Gasteiger partial charge in [0.2, 0.25) is 0 Å². The molecule has 4 rings (SSSR count). The lowest BCUT2D eigenvalue weighted by Crippen LogP contribution is -2.44. The fourth-order valence-corrected chi connectivity index (χ4v) is 3.43. The highest BCUT2D eigenvalue weighted by molar-refractivity contribution is 6.30. The Kier molecular flexibility index (Phi) is 4.96. The van der Waals surface area contributed by atoms with Crippen LogP contribution in [0.15, 0.2) is 40.9 Å². The van der Waals surface area contributed by atoms with Crippen LogP contribution in [0.3, 0.4) is 0 Å². The minimum absolute atomic E-state index is 0.173. The van der Waals surface area contributed by atoms with Gasteiger partial charge in [-0.1, -0.05) is 16.8 Å². The van der Waals surface area contributed by atoms with E-state index in [1.54, 1.807) is 24.3 Å². The summed E-state index contributed by atoms with van der Waals surface area (Å²) in [6, 6.07) is 7.67. The number of carbonyl (C=O) groups is 1. The Morgan fingerprint density at radius 2 is 1.86 bits per heavy atom. The van der Waals surface area contributed by atoms with Gasteiger partial charge in [-0.3, -0.25) is 0 Å². The number of anilines is 1. The number of hydrogen-bond donors (Lipinski definition) is 1. The first kappa shape index (κ1) is 19.3. The SMILES string of the molecule is CC1Cc2noc(-c3ccc(Cl)cc3)c2CN1C(=O)Nc1cc(F)c(F)c(F)c1. The van der Waals surface area contributed by atoms with Crippen molar-refractivity contribution < 1.29 is 22.5 Å². The molecule has 0 fully saturated rings. The Balaban J connectivity index is 1.59. The van der Waals surface area contributed by atoms with Gasteiger partial charge < -0.3 is 14.7 Å². The summed E-state index contributed by atoms with van der Waals surface area (Å²) in [6.45, 7) is 2.01. The van der Waals surface area contributed by atoms with Gasteiger partial charge in [0, 0.05) is 46.4 Å². The fourth-order valence-electron chi connectivity index (χ4n) is 3.30. The average Bonchev–Trinajstić information content (AvgIpc) is 3.08. The summed E-state index contributed by atoms with van der Waals surface area (Å²) in [4.78, 5) is 14.2. The Morgan fingerprint density at radius 1 is 1.21 bits per heavy atom. The van der Waals surface area contributed by atoms with Crippen molar-refractivity contribution >= 4 is 23.3 Å². The molecule has 5 nitrogen and oxygen atoms in total. The Bertz CT molecular complexity index is 1060. The summed E-state index contributed by atoms with van der Waals surface area (Å²) >= 11 is 5.93. The quantitative estimate of drug-likeness (QED) is 0.564. The molecule has 9 heteroatoms. The second-order valence-corrected chi connectivity index (χ2v) is 7.25. The van der Waals surface area contributed by atoms with Gasteiger partial charge in [-0.05, 0) is 31.2 Å². The maximum Gasteiger partial charge on any atom is 0.322 e. The lowest BCUT2D eigenvalue weighted by molar-refractivity contribution is 0.182. The standard InChI is InChI=1S/C20H15ClF3N3O2/c1-10-6-17-14(19(29-26-17)11-2-4-12(21)5-3-11)9-27(10)20(28)25-13-7-15(22)18(24)16(23)8-13/h2-5,7-8,10H,6,9H2,1H3,(H,25,28). The molecule has 0 saturated heterocycles. The predicted molar refractivity (Wildman–Crippen MR) is 101 cm³/mol. The van der Waals surface area contributed by atoms with Crippen molar-refractivity contribution in [1.82, 2.24) is 10.1 Å². The zero-order chi connectivity index (χ0) is 20.7. The van der Waals surface area contributed by atoms with E-state index >= 15 is 0 Å². The maximum absolute atomic E-state index is 13.4. The summed E-state index contributed by atoms with van der Waals surface area (Å²) in [7, 11) is 0. The van der Waals surface area contributed by atoms with Gasteiger partial charge in [0.1, 0.15) is 0 Å². The van der Waals surface area contributed by atoms with Gasteiger partial charge >= 0.3 is 6.03 Å². The van der Waals surface area contributed by atoms with E-state index in [4.69, 9.17) is 16.1 Å². The van der Waals surface area contributed by atoms with Gasteiger partial charge in [-0.2, -0.15) is 0 Å². The van der Waals surface area contributed by atoms with Gasteiger partial charge in [0.15, 0.2) is 23.2 Å². The van der Waals surface area contributed by atoms with Crippen LogP contribution in [0.1, 0.15) is 18.2 Å². The number of amides is 2. The molecular weight excluding hydrogens is 407 g/mol. The molecule has 2 heterocycles. The molecule has 1 unspecified atom stereocenters. The number of rotatable bonds is 2. The van der Waals surface area contributed by atoms with E-state index in [1.165, 1.54) is 4.90 Å². The summed E-state index contributed by atoms with van der Waals surface area (Å²) in [5.41, 5.74) is 2.08. The summed E-state index contributed by atoms with van der Waals surface area (Å²) in [6.07, 6.45) is 0.450. The molecule has 3 aromatic rings. The molecule has 0 radical (unpaired) electrons. The highest BCUT2D eigenvalue weighted by Crippen LogP contribution is 2.33. The smallest absolute Gasteiger partial charge is 0.322 e. The molecular formula is C20H15ClF3N3O2. The number of nitrogens with zero attached hydrogens (tertiary/aromatic N) is 2. The molecule has 0 aliphatic carbocycles. The van der Waals surface area contributed by atoms with E-state index in [0.29, 0.717) is 17.2 Å². The van der Waals surface area contributed by atoms with Crippen molar-refractivity contribution in [1.29, 1.82) is 0 Å². The van der Waals surface area contributed by atoms with Crippen molar-refractivity contribution in [2.45, 2.75) is 25.9 Å². The highest BCUT2D eigenvalue weighted by atomic mass is 35.5. The molecule has 2 amide bonds. The van der Waals surface area contributed by atoms with Gasteiger partial charge in [0.05, 0.1) is 12.2 Å². The average molecular weight is 422 g/mol. The number of fused-ring (bicyclic) bond motifs is 1. The third kappa shape index (κ3) is 3.67. The van der Waals surface area contributed by atoms with Crippen LogP contribution < -0.4 is 5.32 Å². The zero-order valence-corrected chi connectivity index (χ0v) is 15.9. The molecule has 29 heavy (non-hydrogen) atoms. The Morgan fingerprint density at radius 3 is 2.52 bits per heavy atom. The van der Waals surface area contributed by atoms with Crippen LogP contribution in [-0.4, -0.2) is 22.1 Å². The Labute approximate surface area is 169 Å². The summed E-state index contributed by atoms with van der Waals surface area (Å²) < 4.78 is 45.5. The third-order valence-corrected chi connectivity index (χ3v) is 5.07. The zero-order valence-electron chi connectivity index (χ0n) is 15.2. The van der Waals surface area contributed by atoms with E-state index in [2.05, 4.69) is 10.5 Å². The van der Waals surface area contributed by atoms with Crippen LogP contribution in [0.25, 0.3) is 11.3 Å². The van der Waals surface area contributed by atoms with E-state index in [1.807, 2.05) is 6.92 Å². The number of nitrogens with one attached hydrogen (secondary N) is 1. The molecule has 0 spiro atoms. The molecule has 1 N–H and O–H groups in total. The van der Waals surface area contributed by atoms with Crippen LogP contribution in [0.4, 0.5) is 23.7 Å². The monoisotopic (exact) mass is 421 g/mol. The van der Waals surface area contributed by atoms with Crippen molar-refractivity contribution in [3.05, 3.63) is 70.1 Å². The van der Waals surface area contributed by atoms with Gasteiger partial charge in [0.25, 0.3) is 0 Å². The van der Waals surface area contributed by atoms with E-state index in [-0.39, 0.29) is 18.3 Å². The first-order valence-electron chi connectivity index (χ1n) is 8.79. The molecule has 1 atom stereocenters. The number of benzene rings is 2. The van der Waals surface area contributed by atoms with E-state index in [9.17, 15) is 18.0 Å². The largest absolute Gasteiger partial charge is 0.356 e. The van der Waals surface area contributed by atoms with Crippen LogP contribution in [-0.2, 0) is 13.0 Å². The predicted octanol–water partition coefficient (Wildman–Crippen LogP) is 5.39. The molecule has 1 aliphatic rings. The number of aromatic nitrogens is 1. The maximum atomic E-state index is 13.4. The highest BCUT2D eigenvalue weighted by Gasteiger charge is 2.32. The van der Waals surface area contributed by atoms with E-state index < -0.39 is 23.5 Å². The van der Waals surface area contributed by atoms with E-state index in [0.717, 1.165) is 29.0 Å². The Hall–Kier alpha value is -3.00. The summed E-state index contributed by atoms with van der Waals surface area (Å²) in [5.74, 6) is -3.81. The first-order valence-corrected chi connectivity index (χ1v) is 9.17. The van der Waals surface area contributed by atoms with Crippen molar-refractivity contribution in [2.24, 2.45) is 0 Å². The molecule has 150 valence electrons. The summed E-state index contributed by atoms with van der Waals surface area (Å²) in [5, 5.41) is 7.10. The molecule has 1 aromatic heterocycles. The fraction of sp³-hybridized carbons (Fsp3) is 0.200. The van der Waals surface area contributed by atoms with Crippen LogP contribution in [0, 0.1) is 17.5 Å². The topological polar surface area (TPSA) is 58.4 Å². The lowest BCUT2D eigenvalue weighted by Gasteiger charge is -2.32. The molecule has 1 aliphatic heterocycles. The second-order valence-electron chi connectivity index (χ2n) is 6.81. The van der Waals surface area contributed by atoms with Crippen molar-refractivity contribution in [3.63, 3.8) is 0 Å². The van der Waals surface area contributed by atoms with Crippen LogP contribution in [0.2, 0.25) is 5.02 Å². The van der Waals surface area contributed by atoms with Crippen LogP contribution in [0.5, 0.6) is 0 Å². The molecule has 0 bridgehead atoms. The minimum Gasteiger partial charge on any atom is -0.356 e. The second kappa shape index (κ2) is 7.44. The van der Waals surface area contributed by atoms with Crippen LogP contribution >= 0.6 is 11.6 Å². The number of carbonyl (C=O) groups excluding carboxylic acids is 1. The first-order chi connectivity index (χ1) is 13.8. The lowest BCUT2D eigenvalue weighted by atomic mass is 9.98. The molecule has 2 aromatic carbocycles. The number of hydrogen-bond acceptors (Lipinski definition) is 3. The van der Waals surface area contributed by atoms with Gasteiger partial charge in [-0.15, -0.1) is 0 Å². The van der Waals surface area contributed by atoms with Crippen molar-refractivity contribution in [3.8, 4) is 11.3 Å². The molecule has 0 saturated carbocycles. The van der Waals surface area contributed by atoms with Gasteiger partial charge in [-0.25, -0.2) is 18.0 Å². The minimum atomic E-state index is -1.59. The number of halogens is 4. The van der Waals surface area contributed by atoms with Crippen molar-refractivity contribution in [2.75, 3.05) is 5.32 Å². The number of urea groups is 1.